The van der Waals surface area contributed by atoms with Gasteiger partial charge in [0.25, 0.3) is 0 Å². The zero-order valence-corrected chi connectivity index (χ0v) is 10.5. The Kier molecular flexibility index (Phi) is 5.54. The maximum Gasteiger partial charge on any atom is 0.170 e. The second-order valence-electron chi connectivity index (χ2n) is 4.01. The number of methoxy groups -OCH3 is 1. The number of halogens is 1. The molecule has 0 aliphatic heterocycles. The summed E-state index contributed by atoms with van der Waals surface area (Å²) in [6, 6.07) is 4.29. The van der Waals surface area contributed by atoms with Gasteiger partial charge in [-0.25, -0.2) is 4.39 Å². The third-order valence-corrected chi connectivity index (χ3v) is 2.52. The zero-order valence-electron chi connectivity index (χ0n) is 10.5. The van der Waals surface area contributed by atoms with Crippen LogP contribution in [-0.2, 0) is 11.3 Å². The summed E-state index contributed by atoms with van der Waals surface area (Å²) in [6.45, 7) is 3.07. The quantitative estimate of drug-likeness (QED) is 0.307. The van der Waals surface area contributed by atoms with Crippen LogP contribution in [0.5, 0.6) is 0 Å². The number of nitrogens with zero attached hydrogens (tertiary/aromatic N) is 1. The predicted octanol–water partition coefficient (Wildman–Crippen LogP) is 1.04. The molecule has 0 spiro atoms. The van der Waals surface area contributed by atoms with Gasteiger partial charge in [0.05, 0.1) is 6.10 Å². The third-order valence-electron chi connectivity index (χ3n) is 2.52. The summed E-state index contributed by atoms with van der Waals surface area (Å²) in [5.74, 6) is -0.531. The van der Waals surface area contributed by atoms with Crippen LogP contribution in [0.3, 0.4) is 0 Å². The minimum Gasteiger partial charge on any atom is -0.409 e. The molecule has 1 aromatic rings. The molecule has 0 fully saturated rings. The molecule has 18 heavy (non-hydrogen) atoms. The minimum absolute atomic E-state index is 0.0853. The van der Waals surface area contributed by atoms with E-state index in [0.717, 1.165) is 5.56 Å². The molecule has 4 N–H and O–H groups in total. The van der Waals surface area contributed by atoms with Crippen LogP contribution in [0.15, 0.2) is 23.4 Å². The molecular formula is C12H18FN3O2. The molecule has 100 valence electrons. The van der Waals surface area contributed by atoms with Crippen LogP contribution < -0.4 is 11.1 Å². The Balaban J connectivity index is 2.69. The third kappa shape index (κ3) is 4.31. The van der Waals surface area contributed by atoms with Crippen molar-refractivity contribution in [1.82, 2.24) is 5.32 Å². The van der Waals surface area contributed by atoms with Crippen molar-refractivity contribution in [3.8, 4) is 0 Å². The second kappa shape index (κ2) is 6.93. The van der Waals surface area contributed by atoms with Crippen LogP contribution in [0, 0.1) is 5.82 Å². The van der Waals surface area contributed by atoms with Gasteiger partial charge in [0.1, 0.15) is 5.82 Å². The fraction of sp³-hybridized carbons (Fsp3) is 0.417. The summed E-state index contributed by atoms with van der Waals surface area (Å²) >= 11 is 0. The normalized spacial score (nSPS) is 13.6. The number of amidine groups is 1. The standard InChI is InChI=1S/C12H18FN3O2/c1-8(18-2)6-15-7-9-3-10(12(14)16-17)5-11(13)4-9/h3-5,8,15,17H,6-7H2,1-2H3,(H2,14,16). The van der Waals surface area contributed by atoms with Crippen molar-refractivity contribution in [2.24, 2.45) is 10.9 Å². The molecule has 1 aromatic carbocycles. The van der Waals surface area contributed by atoms with Crippen molar-refractivity contribution >= 4 is 5.84 Å². The number of rotatable bonds is 6. The van der Waals surface area contributed by atoms with Gasteiger partial charge < -0.3 is 21.0 Å². The first-order valence-electron chi connectivity index (χ1n) is 5.57. The highest BCUT2D eigenvalue weighted by Gasteiger charge is 2.05. The molecule has 0 heterocycles. The molecule has 1 atom stereocenters. The van der Waals surface area contributed by atoms with Crippen molar-refractivity contribution in [2.45, 2.75) is 19.6 Å². The Labute approximate surface area is 105 Å². The zero-order chi connectivity index (χ0) is 13.5. The predicted molar refractivity (Wildman–Crippen MR) is 67.1 cm³/mol. The molecule has 0 aliphatic carbocycles. The number of hydrogen-bond donors (Lipinski definition) is 3. The lowest BCUT2D eigenvalue weighted by molar-refractivity contribution is 0.117. The summed E-state index contributed by atoms with van der Waals surface area (Å²) in [6.07, 6.45) is 0.0853. The number of nitrogens with one attached hydrogen (secondary N) is 1. The van der Waals surface area contributed by atoms with E-state index in [1.54, 1.807) is 13.2 Å². The van der Waals surface area contributed by atoms with E-state index in [-0.39, 0.29) is 11.9 Å². The van der Waals surface area contributed by atoms with Crippen LogP contribution in [-0.4, -0.2) is 30.8 Å². The number of hydrogen-bond acceptors (Lipinski definition) is 4. The number of ether oxygens (including phenoxy) is 1. The van der Waals surface area contributed by atoms with Crippen molar-refractivity contribution in [3.05, 3.63) is 35.1 Å². The fourth-order valence-corrected chi connectivity index (χ4v) is 1.46. The Morgan fingerprint density at radius 1 is 1.56 bits per heavy atom. The van der Waals surface area contributed by atoms with Crippen LogP contribution >= 0.6 is 0 Å². The van der Waals surface area contributed by atoms with E-state index < -0.39 is 5.82 Å². The first-order valence-corrected chi connectivity index (χ1v) is 5.57. The maximum absolute atomic E-state index is 13.3. The van der Waals surface area contributed by atoms with E-state index in [0.29, 0.717) is 18.7 Å². The summed E-state index contributed by atoms with van der Waals surface area (Å²) in [4.78, 5) is 0. The highest BCUT2D eigenvalue weighted by molar-refractivity contribution is 5.97. The highest BCUT2D eigenvalue weighted by Crippen LogP contribution is 2.09. The maximum atomic E-state index is 13.3. The Hall–Kier alpha value is -1.66. The molecule has 6 heteroatoms. The van der Waals surface area contributed by atoms with Gasteiger partial charge in [-0.2, -0.15) is 0 Å². The van der Waals surface area contributed by atoms with Crippen LogP contribution in [0.4, 0.5) is 4.39 Å². The number of oxime groups is 1. The largest absolute Gasteiger partial charge is 0.409 e. The van der Waals surface area contributed by atoms with Crippen molar-refractivity contribution in [2.75, 3.05) is 13.7 Å². The number of nitrogens with two attached hydrogens (primary N) is 1. The average molecular weight is 255 g/mol. The Morgan fingerprint density at radius 3 is 2.89 bits per heavy atom. The van der Waals surface area contributed by atoms with Gasteiger partial charge >= 0.3 is 0 Å². The summed E-state index contributed by atoms with van der Waals surface area (Å²) in [5.41, 5.74) is 6.50. The van der Waals surface area contributed by atoms with Gasteiger partial charge in [0.2, 0.25) is 0 Å². The van der Waals surface area contributed by atoms with E-state index in [4.69, 9.17) is 15.7 Å². The van der Waals surface area contributed by atoms with E-state index >= 15 is 0 Å². The fourth-order valence-electron chi connectivity index (χ4n) is 1.46. The van der Waals surface area contributed by atoms with E-state index in [1.807, 2.05) is 6.92 Å². The molecule has 0 aromatic heterocycles. The van der Waals surface area contributed by atoms with Gasteiger partial charge in [0.15, 0.2) is 5.84 Å². The molecule has 1 unspecified atom stereocenters. The molecule has 0 amide bonds. The van der Waals surface area contributed by atoms with Crippen LogP contribution in [0.25, 0.3) is 0 Å². The summed E-state index contributed by atoms with van der Waals surface area (Å²) in [7, 11) is 1.63. The second-order valence-corrected chi connectivity index (χ2v) is 4.01. The lowest BCUT2D eigenvalue weighted by atomic mass is 10.1. The smallest absolute Gasteiger partial charge is 0.170 e. The molecule has 0 saturated carbocycles. The monoisotopic (exact) mass is 255 g/mol. The summed E-state index contributed by atoms with van der Waals surface area (Å²) < 4.78 is 18.4. The lowest BCUT2D eigenvalue weighted by Crippen LogP contribution is -2.25. The van der Waals surface area contributed by atoms with Gasteiger partial charge in [-0.3, -0.25) is 0 Å². The van der Waals surface area contributed by atoms with Crippen LogP contribution in [0.1, 0.15) is 18.1 Å². The SMILES string of the molecule is COC(C)CNCc1cc(F)cc(/C(N)=N/O)c1. The Morgan fingerprint density at radius 2 is 2.28 bits per heavy atom. The molecular weight excluding hydrogens is 237 g/mol. The molecule has 5 nitrogen and oxygen atoms in total. The van der Waals surface area contributed by atoms with E-state index in [1.165, 1.54) is 12.1 Å². The number of benzene rings is 1. The van der Waals surface area contributed by atoms with E-state index in [9.17, 15) is 4.39 Å². The van der Waals surface area contributed by atoms with Gasteiger partial charge in [-0.1, -0.05) is 5.16 Å². The molecule has 1 rings (SSSR count). The molecule has 0 saturated heterocycles. The highest BCUT2D eigenvalue weighted by atomic mass is 19.1. The van der Waals surface area contributed by atoms with Gasteiger partial charge in [-0.05, 0) is 30.7 Å². The van der Waals surface area contributed by atoms with Crippen molar-refractivity contribution in [1.29, 1.82) is 0 Å². The van der Waals surface area contributed by atoms with Gasteiger partial charge in [-0.15, -0.1) is 0 Å². The lowest BCUT2D eigenvalue weighted by Gasteiger charge is -2.11. The average Bonchev–Trinajstić information content (AvgIpc) is 2.36. The van der Waals surface area contributed by atoms with E-state index in [2.05, 4.69) is 10.5 Å². The first-order chi connectivity index (χ1) is 8.56. The van der Waals surface area contributed by atoms with Crippen LogP contribution in [0.2, 0.25) is 0 Å². The van der Waals surface area contributed by atoms with Crippen molar-refractivity contribution in [3.63, 3.8) is 0 Å². The Bertz CT molecular complexity index is 424. The molecule has 0 aliphatic rings. The van der Waals surface area contributed by atoms with Gasteiger partial charge in [0, 0.05) is 25.8 Å². The molecule has 0 radical (unpaired) electrons. The topological polar surface area (TPSA) is 79.9 Å². The first kappa shape index (κ1) is 14.4. The minimum atomic E-state index is -0.421. The summed E-state index contributed by atoms with van der Waals surface area (Å²) in [5, 5.41) is 14.5. The van der Waals surface area contributed by atoms with Crippen molar-refractivity contribution < 1.29 is 14.3 Å². The molecule has 0 bridgehead atoms.